The molecule has 2 heterocycles. The van der Waals surface area contributed by atoms with Gasteiger partial charge < -0.3 is 0 Å². The molecule has 0 N–H and O–H groups in total. The van der Waals surface area contributed by atoms with Crippen molar-refractivity contribution in [1.29, 1.82) is 0 Å². The SMILES string of the molecule is Cc1cn2c(=O)cc(CN(Cc3ccccc3)Cc3ccc(F)cc3)nc2s1. The number of halogens is 1. The van der Waals surface area contributed by atoms with Crippen molar-refractivity contribution >= 4 is 16.3 Å². The van der Waals surface area contributed by atoms with Crippen LogP contribution in [0.1, 0.15) is 21.7 Å². The van der Waals surface area contributed by atoms with Crippen molar-refractivity contribution in [2.75, 3.05) is 0 Å². The number of aryl methyl sites for hydroxylation is 1. The third-order valence-electron chi connectivity index (χ3n) is 4.49. The predicted molar refractivity (Wildman–Crippen MR) is 110 cm³/mol. The Morgan fingerprint density at radius 1 is 1.00 bits per heavy atom. The molecule has 0 amide bonds. The molecular weight excluding hydrogens is 373 g/mol. The first kappa shape index (κ1) is 18.5. The molecule has 0 aliphatic rings. The van der Waals surface area contributed by atoms with E-state index < -0.39 is 0 Å². The molecule has 4 aromatic rings. The van der Waals surface area contributed by atoms with Gasteiger partial charge in [-0.3, -0.25) is 14.1 Å². The van der Waals surface area contributed by atoms with Crippen molar-refractivity contribution in [2.45, 2.75) is 26.6 Å². The van der Waals surface area contributed by atoms with E-state index in [1.807, 2.05) is 31.3 Å². The van der Waals surface area contributed by atoms with E-state index in [1.54, 1.807) is 22.6 Å². The third kappa shape index (κ3) is 4.35. The van der Waals surface area contributed by atoms with E-state index in [1.165, 1.54) is 29.0 Å². The lowest BCUT2D eigenvalue weighted by atomic mass is 10.1. The molecule has 28 heavy (non-hydrogen) atoms. The van der Waals surface area contributed by atoms with Crippen LogP contribution in [0.4, 0.5) is 4.39 Å². The zero-order chi connectivity index (χ0) is 19.5. The number of thiazole rings is 1. The molecule has 0 spiro atoms. The largest absolute Gasteiger partial charge is 0.289 e. The van der Waals surface area contributed by atoms with Crippen LogP contribution in [0, 0.1) is 12.7 Å². The highest BCUT2D eigenvalue weighted by Crippen LogP contribution is 2.16. The summed E-state index contributed by atoms with van der Waals surface area (Å²) in [6.07, 6.45) is 1.82. The average Bonchev–Trinajstić information content (AvgIpc) is 3.05. The third-order valence-corrected chi connectivity index (χ3v) is 5.39. The molecule has 0 aliphatic heterocycles. The first-order valence-corrected chi connectivity index (χ1v) is 9.88. The molecule has 142 valence electrons. The summed E-state index contributed by atoms with van der Waals surface area (Å²) < 4.78 is 14.8. The monoisotopic (exact) mass is 393 g/mol. The van der Waals surface area contributed by atoms with Crippen LogP contribution in [-0.4, -0.2) is 14.3 Å². The fourth-order valence-electron chi connectivity index (χ4n) is 3.23. The van der Waals surface area contributed by atoms with E-state index in [-0.39, 0.29) is 11.4 Å². The van der Waals surface area contributed by atoms with Crippen LogP contribution >= 0.6 is 11.3 Å². The van der Waals surface area contributed by atoms with Gasteiger partial charge >= 0.3 is 0 Å². The van der Waals surface area contributed by atoms with Crippen molar-refractivity contribution in [1.82, 2.24) is 14.3 Å². The quantitative estimate of drug-likeness (QED) is 0.487. The molecule has 4 nitrogen and oxygen atoms in total. The Bertz CT molecular complexity index is 1140. The van der Waals surface area contributed by atoms with Gasteiger partial charge in [0.15, 0.2) is 4.96 Å². The molecule has 0 aliphatic carbocycles. The lowest BCUT2D eigenvalue weighted by Crippen LogP contribution is -2.24. The van der Waals surface area contributed by atoms with E-state index in [2.05, 4.69) is 22.0 Å². The van der Waals surface area contributed by atoms with Crippen molar-refractivity contribution in [2.24, 2.45) is 0 Å². The Kier molecular flexibility index (Phi) is 5.32. The molecule has 6 heteroatoms. The number of nitrogens with zero attached hydrogens (tertiary/aromatic N) is 3. The molecule has 0 saturated carbocycles. The topological polar surface area (TPSA) is 37.6 Å². The number of benzene rings is 2. The van der Waals surface area contributed by atoms with Crippen LogP contribution in [0.5, 0.6) is 0 Å². The van der Waals surface area contributed by atoms with Gasteiger partial charge in [0.25, 0.3) is 5.56 Å². The van der Waals surface area contributed by atoms with E-state index in [0.717, 1.165) is 16.1 Å². The summed E-state index contributed by atoms with van der Waals surface area (Å²) in [5, 5.41) is 0. The summed E-state index contributed by atoms with van der Waals surface area (Å²) in [4.78, 5) is 21.1. The van der Waals surface area contributed by atoms with Crippen LogP contribution < -0.4 is 5.56 Å². The van der Waals surface area contributed by atoms with Crippen molar-refractivity contribution < 1.29 is 4.39 Å². The van der Waals surface area contributed by atoms with Gasteiger partial charge in [-0.05, 0) is 30.2 Å². The highest BCUT2D eigenvalue weighted by atomic mass is 32.1. The van der Waals surface area contributed by atoms with Gasteiger partial charge in [0.05, 0.1) is 5.69 Å². The van der Waals surface area contributed by atoms with Crippen LogP contribution in [0.2, 0.25) is 0 Å². The maximum absolute atomic E-state index is 13.3. The molecule has 0 saturated heterocycles. The Labute approximate surface area is 166 Å². The van der Waals surface area contributed by atoms with Gasteiger partial charge in [-0.1, -0.05) is 42.5 Å². The van der Waals surface area contributed by atoms with Crippen molar-refractivity contribution in [3.05, 3.63) is 105 Å². The van der Waals surface area contributed by atoms with E-state index >= 15 is 0 Å². The highest BCUT2D eigenvalue weighted by molar-refractivity contribution is 7.16. The molecule has 4 rings (SSSR count). The highest BCUT2D eigenvalue weighted by Gasteiger charge is 2.12. The predicted octanol–water partition coefficient (Wildman–Crippen LogP) is 4.41. The summed E-state index contributed by atoms with van der Waals surface area (Å²) in [6.45, 7) is 3.85. The summed E-state index contributed by atoms with van der Waals surface area (Å²) in [5.74, 6) is -0.244. The average molecular weight is 393 g/mol. The van der Waals surface area contributed by atoms with Crippen molar-refractivity contribution in [3.8, 4) is 0 Å². The number of fused-ring (bicyclic) bond motifs is 1. The number of hydrogen-bond donors (Lipinski definition) is 0. The van der Waals surface area contributed by atoms with Gasteiger partial charge in [-0.15, -0.1) is 11.3 Å². The minimum Gasteiger partial charge on any atom is -0.289 e. The molecule has 0 atom stereocenters. The Morgan fingerprint density at radius 3 is 2.39 bits per heavy atom. The van der Waals surface area contributed by atoms with Crippen LogP contribution in [-0.2, 0) is 19.6 Å². The van der Waals surface area contributed by atoms with Gasteiger partial charge in [0.1, 0.15) is 5.82 Å². The molecule has 0 unspecified atom stereocenters. The zero-order valence-corrected chi connectivity index (χ0v) is 16.3. The number of rotatable bonds is 6. The maximum atomic E-state index is 13.3. The van der Waals surface area contributed by atoms with E-state index in [9.17, 15) is 9.18 Å². The van der Waals surface area contributed by atoms with Gasteiger partial charge in [0.2, 0.25) is 0 Å². The Morgan fingerprint density at radius 2 is 1.68 bits per heavy atom. The summed E-state index contributed by atoms with van der Waals surface area (Å²) in [6, 6.07) is 18.3. The number of aromatic nitrogens is 2. The second-order valence-corrected chi connectivity index (χ2v) is 8.05. The van der Waals surface area contributed by atoms with Gasteiger partial charge in [-0.25, -0.2) is 9.37 Å². The number of hydrogen-bond acceptors (Lipinski definition) is 4. The second kappa shape index (κ2) is 8.04. The molecule has 0 bridgehead atoms. The summed E-state index contributed by atoms with van der Waals surface area (Å²) in [7, 11) is 0. The fourth-order valence-corrected chi connectivity index (χ4v) is 4.08. The molecule has 0 radical (unpaired) electrons. The Balaban J connectivity index is 1.62. The second-order valence-electron chi connectivity index (χ2n) is 6.84. The minimum absolute atomic E-state index is 0.0641. The van der Waals surface area contributed by atoms with E-state index in [0.29, 0.717) is 24.6 Å². The van der Waals surface area contributed by atoms with Crippen LogP contribution in [0.3, 0.4) is 0 Å². The van der Waals surface area contributed by atoms with Gasteiger partial charge in [-0.2, -0.15) is 0 Å². The summed E-state index contributed by atoms with van der Waals surface area (Å²) in [5.41, 5.74) is 2.87. The molecule has 0 fully saturated rings. The van der Waals surface area contributed by atoms with Crippen molar-refractivity contribution in [3.63, 3.8) is 0 Å². The van der Waals surface area contributed by atoms with Crippen LogP contribution in [0.15, 0.2) is 71.7 Å². The van der Waals surface area contributed by atoms with Crippen LogP contribution in [0.25, 0.3) is 4.96 Å². The first-order valence-electron chi connectivity index (χ1n) is 9.06. The summed E-state index contributed by atoms with van der Waals surface area (Å²) >= 11 is 1.51. The lowest BCUT2D eigenvalue weighted by Gasteiger charge is -2.22. The molecular formula is C22H20FN3OS. The van der Waals surface area contributed by atoms with E-state index in [4.69, 9.17) is 0 Å². The maximum Gasteiger partial charge on any atom is 0.258 e. The molecule has 2 aromatic carbocycles. The lowest BCUT2D eigenvalue weighted by molar-refractivity contribution is 0.244. The normalized spacial score (nSPS) is 11.4. The fraction of sp³-hybridized carbons (Fsp3) is 0.182. The smallest absolute Gasteiger partial charge is 0.258 e. The zero-order valence-electron chi connectivity index (χ0n) is 15.5. The van der Waals surface area contributed by atoms with Gasteiger partial charge in [0, 0.05) is 36.8 Å². The first-order chi connectivity index (χ1) is 13.6. The standard InChI is InChI=1S/C22H20FN3OS/c1-16-12-26-21(27)11-20(24-22(26)28-16)15-25(13-17-5-3-2-4-6-17)14-18-7-9-19(23)10-8-18/h2-12H,13-15H2,1H3. The minimum atomic E-state index is -0.244. The molecule has 2 aromatic heterocycles. The Hall–Kier alpha value is -2.83.